The summed E-state index contributed by atoms with van der Waals surface area (Å²) in [6, 6.07) is 12.8. The lowest BCUT2D eigenvalue weighted by molar-refractivity contribution is 0.236. The van der Waals surface area contributed by atoms with Gasteiger partial charge in [0.1, 0.15) is 5.82 Å². The minimum atomic E-state index is -0.229. The molecule has 2 nitrogen and oxygen atoms in total. The Bertz CT molecular complexity index is 619. The van der Waals surface area contributed by atoms with Crippen molar-refractivity contribution in [3.05, 3.63) is 68.4 Å². The lowest BCUT2D eigenvalue weighted by Crippen LogP contribution is -2.31. The molecule has 0 amide bonds. The minimum absolute atomic E-state index is 0.172. The maximum atomic E-state index is 14.1. The third-order valence-electron chi connectivity index (χ3n) is 3.45. The molecule has 1 atom stereocenters. The second-order valence-electron chi connectivity index (χ2n) is 4.92. The summed E-state index contributed by atoms with van der Waals surface area (Å²) < 4.78 is 16.0. The molecule has 0 spiro atoms. The molecule has 21 heavy (non-hydrogen) atoms. The maximum absolute atomic E-state index is 14.1. The van der Waals surface area contributed by atoms with Gasteiger partial charge in [-0.15, -0.1) is 0 Å². The second-order valence-corrected chi connectivity index (χ2v) is 6.69. The van der Waals surface area contributed by atoms with Crippen LogP contribution in [0, 0.1) is 5.82 Å². The average molecular weight is 416 g/mol. The lowest BCUT2D eigenvalue weighted by Gasteiger charge is -2.28. The van der Waals surface area contributed by atoms with Crippen LogP contribution in [0.25, 0.3) is 0 Å². The van der Waals surface area contributed by atoms with Crippen molar-refractivity contribution in [1.29, 1.82) is 0 Å². The molecule has 2 aromatic rings. The number of hydrogen-bond acceptors (Lipinski definition) is 2. The molecule has 2 N–H and O–H groups in total. The summed E-state index contributed by atoms with van der Waals surface area (Å²) >= 11 is 6.93. The van der Waals surface area contributed by atoms with Crippen molar-refractivity contribution in [1.82, 2.24) is 4.90 Å². The van der Waals surface area contributed by atoms with E-state index in [9.17, 15) is 4.39 Å². The summed E-state index contributed by atoms with van der Waals surface area (Å²) in [7, 11) is 1.96. The second kappa shape index (κ2) is 7.49. The lowest BCUT2D eigenvalue weighted by atomic mass is 10.0. The van der Waals surface area contributed by atoms with E-state index in [0.29, 0.717) is 18.7 Å². The van der Waals surface area contributed by atoms with E-state index in [1.807, 2.05) is 31.3 Å². The zero-order valence-electron chi connectivity index (χ0n) is 11.7. The van der Waals surface area contributed by atoms with Gasteiger partial charge in [0.15, 0.2) is 0 Å². The van der Waals surface area contributed by atoms with Crippen LogP contribution < -0.4 is 5.73 Å². The van der Waals surface area contributed by atoms with E-state index in [0.717, 1.165) is 14.5 Å². The molecule has 1 unspecified atom stereocenters. The molecule has 0 saturated heterocycles. The van der Waals surface area contributed by atoms with E-state index < -0.39 is 0 Å². The predicted octanol–water partition coefficient (Wildman–Crippen LogP) is 4.48. The van der Waals surface area contributed by atoms with E-state index in [1.54, 1.807) is 12.1 Å². The number of hydrogen-bond donors (Lipinski definition) is 1. The molecule has 2 aromatic carbocycles. The molecule has 2 rings (SSSR count). The molecule has 112 valence electrons. The highest BCUT2D eigenvalue weighted by Gasteiger charge is 2.20. The number of likely N-dealkylation sites (N-methyl/N-ethyl adjacent to an activating group) is 1. The third-order valence-corrected chi connectivity index (χ3v) is 4.72. The zero-order chi connectivity index (χ0) is 15.4. The summed E-state index contributed by atoms with van der Waals surface area (Å²) in [5.74, 6) is -0.229. The van der Waals surface area contributed by atoms with Gasteiger partial charge in [0.2, 0.25) is 0 Å². The maximum Gasteiger partial charge on any atom is 0.128 e. The molecule has 0 aliphatic heterocycles. The largest absolute Gasteiger partial charge is 0.329 e. The molecule has 0 aromatic heterocycles. The third kappa shape index (κ3) is 4.13. The SMILES string of the molecule is CN(Cc1ccccc1Br)C(CN)c1cc(Br)ccc1F. The van der Waals surface area contributed by atoms with Crippen LogP contribution in [0.3, 0.4) is 0 Å². The van der Waals surface area contributed by atoms with Crippen LogP contribution in [0.1, 0.15) is 17.2 Å². The minimum Gasteiger partial charge on any atom is -0.329 e. The normalized spacial score (nSPS) is 12.7. The molecular weight excluding hydrogens is 399 g/mol. The van der Waals surface area contributed by atoms with Crippen molar-refractivity contribution in [2.45, 2.75) is 12.6 Å². The summed E-state index contributed by atoms with van der Waals surface area (Å²) in [4.78, 5) is 2.06. The summed E-state index contributed by atoms with van der Waals surface area (Å²) in [5.41, 5.74) is 7.64. The molecule has 0 bridgehead atoms. The van der Waals surface area contributed by atoms with Crippen molar-refractivity contribution in [3.63, 3.8) is 0 Å². The molecule has 0 radical (unpaired) electrons. The molecule has 0 heterocycles. The predicted molar refractivity (Wildman–Crippen MR) is 91.5 cm³/mol. The van der Waals surface area contributed by atoms with Crippen molar-refractivity contribution in [3.8, 4) is 0 Å². The van der Waals surface area contributed by atoms with E-state index in [2.05, 4.69) is 36.8 Å². The van der Waals surface area contributed by atoms with Crippen molar-refractivity contribution in [2.24, 2.45) is 5.73 Å². The molecule has 0 aliphatic rings. The van der Waals surface area contributed by atoms with E-state index in [1.165, 1.54) is 6.07 Å². The standard InChI is InChI=1S/C16H17Br2FN2/c1-21(10-11-4-2-3-5-14(11)18)16(9-20)13-8-12(17)6-7-15(13)19/h2-8,16H,9-10,20H2,1H3. The Morgan fingerprint density at radius 2 is 1.90 bits per heavy atom. The molecule has 0 aliphatic carbocycles. The first-order valence-electron chi connectivity index (χ1n) is 6.61. The van der Waals surface area contributed by atoms with Gasteiger partial charge in [-0.1, -0.05) is 50.1 Å². The Morgan fingerprint density at radius 3 is 2.57 bits per heavy atom. The summed E-state index contributed by atoms with van der Waals surface area (Å²) in [6.45, 7) is 1.05. The Balaban J connectivity index is 2.25. The fourth-order valence-electron chi connectivity index (χ4n) is 2.32. The number of rotatable bonds is 5. The van der Waals surface area contributed by atoms with Gasteiger partial charge in [-0.2, -0.15) is 0 Å². The van der Waals surface area contributed by atoms with E-state index in [4.69, 9.17) is 5.73 Å². The quantitative estimate of drug-likeness (QED) is 0.779. The van der Waals surface area contributed by atoms with Gasteiger partial charge in [0.05, 0.1) is 0 Å². The molecular formula is C16H17Br2FN2. The van der Waals surface area contributed by atoms with Crippen LogP contribution in [0.4, 0.5) is 4.39 Å². The van der Waals surface area contributed by atoms with Gasteiger partial charge in [0, 0.05) is 33.6 Å². The molecule has 0 fully saturated rings. The molecule has 0 saturated carbocycles. The topological polar surface area (TPSA) is 29.3 Å². The fraction of sp³-hybridized carbons (Fsp3) is 0.250. The average Bonchev–Trinajstić information content (AvgIpc) is 2.46. The summed E-state index contributed by atoms with van der Waals surface area (Å²) in [5, 5.41) is 0. The van der Waals surface area contributed by atoms with Crippen LogP contribution in [0.15, 0.2) is 51.4 Å². The van der Waals surface area contributed by atoms with Crippen LogP contribution in [-0.2, 0) is 6.54 Å². The van der Waals surface area contributed by atoms with Crippen LogP contribution in [-0.4, -0.2) is 18.5 Å². The van der Waals surface area contributed by atoms with Gasteiger partial charge in [-0.05, 0) is 36.9 Å². The van der Waals surface area contributed by atoms with E-state index in [-0.39, 0.29) is 11.9 Å². The Morgan fingerprint density at radius 1 is 1.19 bits per heavy atom. The van der Waals surface area contributed by atoms with Crippen LogP contribution >= 0.6 is 31.9 Å². The fourth-order valence-corrected chi connectivity index (χ4v) is 3.11. The van der Waals surface area contributed by atoms with Crippen molar-refractivity contribution < 1.29 is 4.39 Å². The van der Waals surface area contributed by atoms with Gasteiger partial charge in [-0.3, -0.25) is 4.90 Å². The smallest absolute Gasteiger partial charge is 0.128 e. The monoisotopic (exact) mass is 414 g/mol. The first-order valence-corrected chi connectivity index (χ1v) is 8.20. The Labute approximate surface area is 141 Å². The van der Waals surface area contributed by atoms with E-state index >= 15 is 0 Å². The van der Waals surface area contributed by atoms with Crippen LogP contribution in [0.2, 0.25) is 0 Å². The Hall–Kier alpha value is -0.750. The zero-order valence-corrected chi connectivity index (χ0v) is 14.9. The Kier molecular flexibility index (Phi) is 5.93. The number of halogens is 3. The summed E-state index contributed by atoms with van der Waals surface area (Å²) in [6.07, 6.45) is 0. The number of nitrogens with zero attached hydrogens (tertiary/aromatic N) is 1. The van der Waals surface area contributed by atoms with Crippen LogP contribution in [0.5, 0.6) is 0 Å². The first-order chi connectivity index (χ1) is 10.0. The highest BCUT2D eigenvalue weighted by Crippen LogP contribution is 2.27. The number of nitrogens with two attached hydrogens (primary N) is 1. The van der Waals surface area contributed by atoms with Gasteiger partial charge in [-0.25, -0.2) is 4.39 Å². The highest BCUT2D eigenvalue weighted by molar-refractivity contribution is 9.10. The van der Waals surface area contributed by atoms with Gasteiger partial charge >= 0.3 is 0 Å². The van der Waals surface area contributed by atoms with Crippen molar-refractivity contribution in [2.75, 3.05) is 13.6 Å². The highest BCUT2D eigenvalue weighted by atomic mass is 79.9. The van der Waals surface area contributed by atoms with Gasteiger partial charge in [0.25, 0.3) is 0 Å². The first kappa shape index (κ1) is 16.6. The van der Waals surface area contributed by atoms with Crippen molar-refractivity contribution >= 4 is 31.9 Å². The number of benzene rings is 2. The molecule has 5 heteroatoms. The van der Waals surface area contributed by atoms with Gasteiger partial charge < -0.3 is 5.73 Å².